The highest BCUT2D eigenvalue weighted by Crippen LogP contribution is 2.34. The van der Waals surface area contributed by atoms with Crippen LogP contribution in [0.2, 0.25) is 15.1 Å². The molecular formula is C15H12Cl3NO2S. The number of thioether (sulfide) groups is 1. The van der Waals surface area contributed by atoms with Crippen LogP contribution in [-0.2, 0) is 4.79 Å². The summed E-state index contributed by atoms with van der Waals surface area (Å²) < 4.78 is 5.14. The summed E-state index contributed by atoms with van der Waals surface area (Å²) in [7, 11) is 1.60. The van der Waals surface area contributed by atoms with E-state index in [-0.39, 0.29) is 11.7 Å². The normalized spacial score (nSPS) is 10.4. The number of hydrogen-bond donors (Lipinski definition) is 1. The lowest BCUT2D eigenvalue weighted by atomic mass is 10.3. The number of methoxy groups -OCH3 is 1. The highest BCUT2D eigenvalue weighted by molar-refractivity contribution is 8.00. The molecular weight excluding hydrogens is 365 g/mol. The van der Waals surface area contributed by atoms with Gasteiger partial charge in [0, 0.05) is 9.92 Å². The molecule has 1 amide bonds. The molecule has 1 N–H and O–H groups in total. The molecule has 7 heteroatoms. The molecule has 3 nitrogen and oxygen atoms in total. The third-order valence-corrected chi connectivity index (χ3v) is 4.49. The number of hydrogen-bond acceptors (Lipinski definition) is 3. The van der Waals surface area contributed by atoms with E-state index in [1.807, 2.05) is 24.3 Å². The van der Waals surface area contributed by atoms with Crippen molar-refractivity contribution in [1.82, 2.24) is 0 Å². The Morgan fingerprint density at radius 2 is 1.86 bits per heavy atom. The molecule has 0 saturated carbocycles. The number of benzene rings is 2. The van der Waals surface area contributed by atoms with Crippen LogP contribution in [0, 0.1) is 0 Å². The van der Waals surface area contributed by atoms with E-state index in [4.69, 9.17) is 39.5 Å². The summed E-state index contributed by atoms with van der Waals surface area (Å²) in [5, 5.41) is 3.71. The number of carbonyl (C=O) groups excluding carboxylic acids is 1. The standard InChI is InChI=1S/C15H12Cl3NO2S/c1-21-10-3-2-4-11(7-10)22-8-14(20)19-15-12(17)5-9(16)6-13(15)18/h2-7H,8H2,1H3,(H,19,20). The van der Waals surface area contributed by atoms with Crippen molar-refractivity contribution < 1.29 is 9.53 Å². The Morgan fingerprint density at radius 1 is 1.18 bits per heavy atom. The van der Waals surface area contributed by atoms with Gasteiger partial charge in [0.15, 0.2) is 0 Å². The summed E-state index contributed by atoms with van der Waals surface area (Å²) in [5.74, 6) is 0.760. The molecule has 0 radical (unpaired) electrons. The minimum absolute atomic E-state index is 0.209. The van der Waals surface area contributed by atoms with Gasteiger partial charge < -0.3 is 10.1 Å². The molecule has 0 unspecified atom stereocenters. The van der Waals surface area contributed by atoms with Crippen LogP contribution in [0.25, 0.3) is 0 Å². The first-order valence-corrected chi connectivity index (χ1v) is 8.33. The van der Waals surface area contributed by atoms with E-state index in [0.717, 1.165) is 10.6 Å². The Bertz CT molecular complexity index is 671. The average Bonchev–Trinajstić information content (AvgIpc) is 2.49. The SMILES string of the molecule is COc1cccc(SCC(=O)Nc2c(Cl)cc(Cl)cc2Cl)c1. The van der Waals surface area contributed by atoms with Gasteiger partial charge >= 0.3 is 0 Å². The molecule has 0 spiro atoms. The van der Waals surface area contributed by atoms with Gasteiger partial charge in [-0.3, -0.25) is 4.79 Å². The van der Waals surface area contributed by atoms with Crippen LogP contribution in [0.5, 0.6) is 5.75 Å². The van der Waals surface area contributed by atoms with Crippen molar-refractivity contribution in [3.8, 4) is 5.75 Å². The second-order valence-electron chi connectivity index (χ2n) is 4.26. The van der Waals surface area contributed by atoms with E-state index >= 15 is 0 Å². The quantitative estimate of drug-likeness (QED) is 0.711. The Labute approximate surface area is 147 Å². The maximum atomic E-state index is 12.0. The van der Waals surface area contributed by atoms with Crippen LogP contribution in [0.3, 0.4) is 0 Å². The van der Waals surface area contributed by atoms with Crippen molar-refractivity contribution in [3.05, 3.63) is 51.5 Å². The monoisotopic (exact) mass is 375 g/mol. The highest BCUT2D eigenvalue weighted by Gasteiger charge is 2.11. The minimum atomic E-state index is -0.209. The fourth-order valence-corrected chi connectivity index (χ4v) is 3.33. The van der Waals surface area contributed by atoms with Crippen molar-refractivity contribution in [3.63, 3.8) is 0 Å². The molecule has 0 fully saturated rings. The fraction of sp³-hybridized carbons (Fsp3) is 0.133. The molecule has 2 aromatic rings. The van der Waals surface area contributed by atoms with E-state index in [9.17, 15) is 4.79 Å². The average molecular weight is 377 g/mol. The summed E-state index contributed by atoms with van der Waals surface area (Å²) in [4.78, 5) is 12.9. The second kappa shape index (κ2) is 7.97. The topological polar surface area (TPSA) is 38.3 Å². The Balaban J connectivity index is 1.99. The molecule has 0 saturated heterocycles. The lowest BCUT2D eigenvalue weighted by molar-refractivity contribution is -0.113. The number of nitrogens with one attached hydrogen (secondary N) is 1. The van der Waals surface area contributed by atoms with Gasteiger partial charge in [0.2, 0.25) is 5.91 Å². The molecule has 0 heterocycles. The van der Waals surface area contributed by atoms with Crippen LogP contribution in [0.15, 0.2) is 41.3 Å². The van der Waals surface area contributed by atoms with E-state index < -0.39 is 0 Å². The third kappa shape index (κ3) is 4.71. The largest absolute Gasteiger partial charge is 0.497 e. The van der Waals surface area contributed by atoms with E-state index in [0.29, 0.717) is 20.8 Å². The number of halogens is 3. The molecule has 22 heavy (non-hydrogen) atoms. The number of rotatable bonds is 5. The van der Waals surface area contributed by atoms with Crippen LogP contribution < -0.4 is 10.1 Å². The van der Waals surface area contributed by atoms with Gasteiger partial charge in [-0.05, 0) is 30.3 Å². The molecule has 116 valence electrons. The predicted molar refractivity (Wildman–Crippen MR) is 93.8 cm³/mol. The highest BCUT2D eigenvalue weighted by atomic mass is 35.5. The van der Waals surface area contributed by atoms with Crippen molar-refractivity contribution >= 4 is 58.2 Å². The molecule has 0 aliphatic rings. The van der Waals surface area contributed by atoms with Gasteiger partial charge in [-0.15, -0.1) is 11.8 Å². The molecule has 0 aliphatic carbocycles. The number of anilines is 1. The maximum Gasteiger partial charge on any atom is 0.234 e. The smallest absolute Gasteiger partial charge is 0.234 e. The summed E-state index contributed by atoms with van der Waals surface area (Å²) in [6.07, 6.45) is 0. The summed E-state index contributed by atoms with van der Waals surface area (Å²) in [5.41, 5.74) is 0.365. The first-order chi connectivity index (χ1) is 10.5. The van der Waals surface area contributed by atoms with Crippen LogP contribution in [-0.4, -0.2) is 18.8 Å². The third-order valence-electron chi connectivity index (χ3n) is 2.68. The van der Waals surface area contributed by atoms with Gasteiger partial charge in [-0.25, -0.2) is 0 Å². The van der Waals surface area contributed by atoms with Gasteiger partial charge in [-0.2, -0.15) is 0 Å². The molecule has 0 aliphatic heterocycles. The summed E-state index contributed by atoms with van der Waals surface area (Å²) in [6, 6.07) is 10.5. The van der Waals surface area contributed by atoms with Crippen LogP contribution in [0.4, 0.5) is 5.69 Å². The number of ether oxygens (including phenoxy) is 1. The molecule has 0 aromatic heterocycles. The zero-order valence-electron chi connectivity index (χ0n) is 11.5. The van der Waals surface area contributed by atoms with E-state index in [2.05, 4.69) is 5.32 Å². The molecule has 0 atom stereocenters. The summed E-state index contributed by atoms with van der Waals surface area (Å²) >= 11 is 19.3. The lowest BCUT2D eigenvalue weighted by Crippen LogP contribution is -2.14. The summed E-state index contributed by atoms with van der Waals surface area (Å²) in [6.45, 7) is 0. The molecule has 2 rings (SSSR count). The Hall–Kier alpha value is -1.07. The van der Waals surface area contributed by atoms with Crippen molar-refractivity contribution in [2.75, 3.05) is 18.2 Å². The Kier molecular flexibility index (Phi) is 6.26. The van der Waals surface area contributed by atoms with Gasteiger partial charge in [0.25, 0.3) is 0 Å². The minimum Gasteiger partial charge on any atom is -0.497 e. The van der Waals surface area contributed by atoms with Gasteiger partial charge in [0.1, 0.15) is 5.75 Å². The molecule has 0 bridgehead atoms. The maximum absolute atomic E-state index is 12.0. The zero-order chi connectivity index (χ0) is 16.1. The molecule has 2 aromatic carbocycles. The van der Waals surface area contributed by atoms with Gasteiger partial charge in [-0.1, -0.05) is 40.9 Å². The fourth-order valence-electron chi connectivity index (χ4n) is 1.68. The number of amides is 1. The van der Waals surface area contributed by atoms with E-state index in [1.165, 1.54) is 23.9 Å². The van der Waals surface area contributed by atoms with Crippen molar-refractivity contribution in [2.24, 2.45) is 0 Å². The van der Waals surface area contributed by atoms with E-state index in [1.54, 1.807) is 7.11 Å². The number of carbonyl (C=O) groups is 1. The van der Waals surface area contributed by atoms with Crippen LogP contribution >= 0.6 is 46.6 Å². The zero-order valence-corrected chi connectivity index (χ0v) is 14.6. The Morgan fingerprint density at radius 3 is 2.50 bits per heavy atom. The van der Waals surface area contributed by atoms with Crippen molar-refractivity contribution in [1.29, 1.82) is 0 Å². The van der Waals surface area contributed by atoms with Gasteiger partial charge in [0.05, 0.1) is 28.6 Å². The first-order valence-electron chi connectivity index (χ1n) is 6.21. The van der Waals surface area contributed by atoms with Crippen molar-refractivity contribution in [2.45, 2.75) is 4.90 Å². The lowest BCUT2D eigenvalue weighted by Gasteiger charge is -2.10. The second-order valence-corrected chi connectivity index (χ2v) is 6.56. The first kappa shape index (κ1) is 17.3. The predicted octanol–water partition coefficient (Wildman–Crippen LogP) is 5.39. The van der Waals surface area contributed by atoms with Crippen LogP contribution in [0.1, 0.15) is 0 Å².